The van der Waals surface area contributed by atoms with E-state index in [2.05, 4.69) is 45.9 Å². The zero-order valence-corrected chi connectivity index (χ0v) is 34.8. The average molecular weight is 795 g/mol. The first-order valence-electron chi connectivity index (χ1n) is 22.2. The summed E-state index contributed by atoms with van der Waals surface area (Å²) in [7, 11) is 0. The van der Waals surface area contributed by atoms with Gasteiger partial charge in [0.2, 0.25) is 0 Å². The molecule has 5 saturated carbocycles. The number of aliphatic hydroxyl groups excluding tert-OH is 5. The molecule has 1 aromatic rings. The van der Waals surface area contributed by atoms with Crippen LogP contribution >= 0.6 is 0 Å². The third-order valence-corrected chi connectivity index (χ3v) is 18.4. The van der Waals surface area contributed by atoms with Crippen LogP contribution in [0.2, 0.25) is 0 Å². The SMILES string of the molecule is C[C@@]1(CO)CC[C@@]2(C(=O)O)CC[C@@]3(C)C(=CCC4[C@@]5(C6CCCCC6)C[C@@H](OCc6ccccc6)[C@@H](O[C@H]6OC[C@@H](O)[C@H](O)[C@H]6O)[C@@](C)(CO)[C@@H]5CC[C@]43C)[C@@H]2C1. The molecule has 0 bridgehead atoms. The highest BCUT2D eigenvalue weighted by Crippen LogP contribution is 2.78. The van der Waals surface area contributed by atoms with Gasteiger partial charge in [0.05, 0.1) is 37.4 Å². The number of fused-ring (bicyclic) bond motifs is 7. The standard InChI is InChI=1S/C47H70O10/c1-42(27-48)19-21-46(41(53)54)22-20-44(3)31(32(46)23-42)15-16-36-45(44,4)18-17-35-43(2,28-49)39(57-40-38(52)37(51)33(50)26-56-40)34(55-25-29-11-7-5-8-12-29)24-47(35,36)30-13-9-6-10-14-30/h5,7-8,11-12,15,30,32-40,48-52H,6,9-10,13-14,16-28H2,1-4H3,(H,53,54)/t32-,33+,34+,35-,36?,37-,38+,39+,40+,42+,43-,44-,45+,46+,47+/m0/s1. The number of hydrogen-bond acceptors (Lipinski definition) is 9. The van der Waals surface area contributed by atoms with E-state index in [1.807, 2.05) is 18.2 Å². The number of aliphatic carboxylic acids is 1. The molecule has 6 aliphatic carbocycles. The van der Waals surface area contributed by atoms with E-state index in [1.165, 1.54) is 12.0 Å². The molecule has 8 rings (SSSR count). The number of rotatable bonds is 9. The largest absolute Gasteiger partial charge is 0.481 e. The Labute approximate surface area is 339 Å². The maximum Gasteiger partial charge on any atom is 0.310 e. The van der Waals surface area contributed by atoms with E-state index >= 15 is 0 Å². The molecule has 1 unspecified atom stereocenters. The van der Waals surface area contributed by atoms with E-state index in [0.29, 0.717) is 38.2 Å². The van der Waals surface area contributed by atoms with Gasteiger partial charge in [-0.25, -0.2) is 0 Å². The first-order chi connectivity index (χ1) is 27.1. The number of ether oxygens (including phenoxy) is 3. The van der Waals surface area contributed by atoms with Crippen molar-refractivity contribution in [1.29, 1.82) is 0 Å². The summed E-state index contributed by atoms with van der Waals surface area (Å²) in [6.45, 7) is 9.32. The molecule has 6 fully saturated rings. The number of aliphatic hydroxyl groups is 5. The van der Waals surface area contributed by atoms with Crippen molar-refractivity contribution in [3.63, 3.8) is 0 Å². The Hall–Kier alpha value is -1.89. The lowest BCUT2D eigenvalue weighted by Crippen LogP contribution is -2.71. The Kier molecular flexibility index (Phi) is 11.2. The Balaban J connectivity index is 1.25. The van der Waals surface area contributed by atoms with E-state index < -0.39 is 53.6 Å². The molecular formula is C47H70O10. The smallest absolute Gasteiger partial charge is 0.310 e. The molecule has 1 aromatic carbocycles. The zero-order chi connectivity index (χ0) is 40.6. The minimum Gasteiger partial charge on any atom is -0.481 e. The summed E-state index contributed by atoms with van der Waals surface area (Å²) in [6.07, 6.45) is 8.59. The molecule has 7 aliphatic rings. The van der Waals surface area contributed by atoms with Crippen LogP contribution in [-0.4, -0.2) is 93.2 Å². The summed E-state index contributed by atoms with van der Waals surface area (Å²) in [5, 5.41) is 65.5. The van der Waals surface area contributed by atoms with Crippen LogP contribution in [0.3, 0.4) is 0 Å². The van der Waals surface area contributed by atoms with E-state index in [0.717, 1.165) is 63.4 Å². The number of allylic oxidation sites excluding steroid dienone is 2. The van der Waals surface area contributed by atoms with Gasteiger partial charge in [0.1, 0.15) is 18.3 Å². The van der Waals surface area contributed by atoms with Crippen LogP contribution in [-0.2, 0) is 25.6 Å². The van der Waals surface area contributed by atoms with Crippen molar-refractivity contribution >= 4 is 5.97 Å². The van der Waals surface area contributed by atoms with Gasteiger partial charge < -0.3 is 44.8 Å². The van der Waals surface area contributed by atoms with Crippen molar-refractivity contribution in [3.8, 4) is 0 Å². The fourth-order valence-corrected chi connectivity index (χ4v) is 14.9. The van der Waals surface area contributed by atoms with Crippen LogP contribution in [0.15, 0.2) is 42.0 Å². The van der Waals surface area contributed by atoms with E-state index in [1.54, 1.807) is 0 Å². The third-order valence-electron chi connectivity index (χ3n) is 18.4. The van der Waals surface area contributed by atoms with Crippen LogP contribution in [0, 0.1) is 56.2 Å². The number of hydrogen-bond donors (Lipinski definition) is 6. The van der Waals surface area contributed by atoms with Gasteiger partial charge in [-0.1, -0.05) is 88.9 Å². The molecule has 10 nitrogen and oxygen atoms in total. The van der Waals surface area contributed by atoms with Gasteiger partial charge in [-0.2, -0.15) is 0 Å². The fraction of sp³-hybridized carbons (Fsp3) is 0.809. The maximum absolute atomic E-state index is 13.3. The summed E-state index contributed by atoms with van der Waals surface area (Å²) >= 11 is 0. The number of carboxylic acid groups (broad SMARTS) is 1. The van der Waals surface area contributed by atoms with Crippen molar-refractivity contribution in [2.45, 2.75) is 161 Å². The van der Waals surface area contributed by atoms with Gasteiger partial charge in [0, 0.05) is 12.0 Å². The molecule has 318 valence electrons. The Bertz CT molecular complexity index is 1650. The number of benzene rings is 1. The minimum atomic E-state index is -1.47. The second kappa shape index (κ2) is 15.2. The van der Waals surface area contributed by atoms with Gasteiger partial charge in [-0.05, 0) is 122 Å². The molecule has 10 heteroatoms. The molecule has 0 spiro atoms. The molecule has 15 atom stereocenters. The summed E-state index contributed by atoms with van der Waals surface area (Å²) in [4.78, 5) is 13.3. The normalized spacial score (nSPS) is 48.8. The molecule has 57 heavy (non-hydrogen) atoms. The average Bonchev–Trinajstić information content (AvgIpc) is 3.21. The lowest BCUT2D eigenvalue weighted by molar-refractivity contribution is -0.339. The topological polar surface area (TPSA) is 166 Å². The predicted molar refractivity (Wildman–Crippen MR) is 213 cm³/mol. The fourth-order valence-electron chi connectivity index (χ4n) is 14.9. The second-order valence-electron chi connectivity index (χ2n) is 20.9. The first kappa shape index (κ1) is 41.8. The van der Waals surface area contributed by atoms with Crippen molar-refractivity contribution in [2.24, 2.45) is 56.2 Å². The van der Waals surface area contributed by atoms with Crippen LogP contribution < -0.4 is 0 Å². The highest BCUT2D eigenvalue weighted by Gasteiger charge is 2.73. The minimum absolute atomic E-state index is 0.0570. The Morgan fingerprint density at radius 2 is 1.56 bits per heavy atom. The zero-order valence-electron chi connectivity index (χ0n) is 34.8. The molecule has 1 aliphatic heterocycles. The molecular weight excluding hydrogens is 725 g/mol. The number of carboxylic acids is 1. The maximum atomic E-state index is 13.3. The summed E-state index contributed by atoms with van der Waals surface area (Å²) in [5.74, 6) is -0.105. The Morgan fingerprint density at radius 1 is 0.842 bits per heavy atom. The van der Waals surface area contributed by atoms with Gasteiger partial charge >= 0.3 is 5.97 Å². The summed E-state index contributed by atoms with van der Waals surface area (Å²) < 4.78 is 19.8. The monoisotopic (exact) mass is 794 g/mol. The van der Waals surface area contributed by atoms with Crippen LogP contribution in [0.4, 0.5) is 0 Å². The van der Waals surface area contributed by atoms with Crippen LogP contribution in [0.5, 0.6) is 0 Å². The van der Waals surface area contributed by atoms with Gasteiger partial charge in [-0.15, -0.1) is 0 Å². The quantitative estimate of drug-likeness (QED) is 0.122. The van der Waals surface area contributed by atoms with Gasteiger partial charge in [0.25, 0.3) is 0 Å². The van der Waals surface area contributed by atoms with Crippen LogP contribution in [0.1, 0.15) is 123 Å². The van der Waals surface area contributed by atoms with Gasteiger partial charge in [-0.3, -0.25) is 4.79 Å². The van der Waals surface area contributed by atoms with Crippen molar-refractivity contribution in [3.05, 3.63) is 47.5 Å². The van der Waals surface area contributed by atoms with Gasteiger partial charge in [0.15, 0.2) is 6.29 Å². The molecule has 0 amide bonds. The van der Waals surface area contributed by atoms with E-state index in [9.17, 15) is 35.4 Å². The lowest BCUT2D eigenvalue weighted by Gasteiger charge is -2.74. The Morgan fingerprint density at radius 3 is 2.25 bits per heavy atom. The third kappa shape index (κ3) is 6.35. The number of carbonyl (C=O) groups is 1. The molecule has 1 heterocycles. The lowest BCUT2D eigenvalue weighted by atomic mass is 9.31. The van der Waals surface area contributed by atoms with Crippen molar-refractivity contribution in [1.82, 2.24) is 0 Å². The van der Waals surface area contributed by atoms with E-state index in [-0.39, 0.29) is 59.2 Å². The first-order valence-corrected chi connectivity index (χ1v) is 22.2. The molecule has 0 radical (unpaired) electrons. The highest BCUT2D eigenvalue weighted by atomic mass is 16.7. The highest BCUT2D eigenvalue weighted by molar-refractivity contribution is 5.76. The second-order valence-corrected chi connectivity index (χ2v) is 20.9. The molecule has 1 saturated heterocycles. The van der Waals surface area contributed by atoms with Crippen molar-refractivity contribution < 1.29 is 49.6 Å². The summed E-state index contributed by atoms with van der Waals surface area (Å²) in [5.41, 5.74) is -0.194. The van der Waals surface area contributed by atoms with E-state index in [4.69, 9.17) is 14.2 Å². The molecule has 0 aromatic heterocycles. The van der Waals surface area contributed by atoms with Crippen LogP contribution in [0.25, 0.3) is 0 Å². The van der Waals surface area contributed by atoms with Crippen molar-refractivity contribution in [2.75, 3.05) is 19.8 Å². The molecule has 6 N–H and O–H groups in total. The predicted octanol–water partition coefficient (Wildman–Crippen LogP) is 6.40. The summed E-state index contributed by atoms with van der Waals surface area (Å²) in [6, 6.07) is 10.1.